The first-order chi connectivity index (χ1) is 10.8. The van der Waals surface area contributed by atoms with E-state index in [1.807, 2.05) is 32.0 Å². The van der Waals surface area contributed by atoms with Crippen LogP contribution in [0, 0.1) is 5.41 Å². The summed E-state index contributed by atoms with van der Waals surface area (Å²) >= 11 is 6.23. The summed E-state index contributed by atoms with van der Waals surface area (Å²) in [6.45, 7) is 4.33. The van der Waals surface area contributed by atoms with Crippen LogP contribution in [0.15, 0.2) is 41.3 Å². The van der Waals surface area contributed by atoms with Gasteiger partial charge in [-0.15, -0.1) is 0 Å². The minimum absolute atomic E-state index is 0.0108. The summed E-state index contributed by atoms with van der Waals surface area (Å²) < 4.78 is 1.24. The molecule has 6 nitrogen and oxygen atoms in total. The predicted molar refractivity (Wildman–Crippen MR) is 88.7 cm³/mol. The second-order valence-electron chi connectivity index (χ2n) is 6.17. The maximum Gasteiger partial charge on any atom is 0.292 e. The standard InChI is InChI=1S/C16H17ClN4O2/c1-16(2)10-20(15(16)23)19(3)12-9-18-21(14(22)13(12)17)11-7-5-4-6-8-11/h4-9H,10H2,1-3H3. The number of hydrazine groups is 1. The second-order valence-corrected chi connectivity index (χ2v) is 6.54. The zero-order valence-corrected chi connectivity index (χ0v) is 13.9. The van der Waals surface area contributed by atoms with E-state index in [4.69, 9.17) is 11.6 Å². The Bertz CT molecular complexity index is 817. The van der Waals surface area contributed by atoms with E-state index in [2.05, 4.69) is 5.10 Å². The molecule has 1 fully saturated rings. The largest absolute Gasteiger partial charge is 0.292 e. The first-order valence-corrected chi connectivity index (χ1v) is 7.59. The molecule has 1 aliphatic heterocycles. The number of hydrogen-bond acceptors (Lipinski definition) is 4. The van der Waals surface area contributed by atoms with Crippen molar-refractivity contribution in [3.05, 3.63) is 51.9 Å². The molecule has 0 aliphatic carbocycles. The SMILES string of the molecule is CN(c1cnn(-c2ccccc2)c(=O)c1Cl)N1CC(C)(C)C1=O. The van der Waals surface area contributed by atoms with E-state index >= 15 is 0 Å². The summed E-state index contributed by atoms with van der Waals surface area (Å²) in [5.41, 5.74) is 0.240. The van der Waals surface area contributed by atoms with Gasteiger partial charge in [0, 0.05) is 7.05 Å². The molecule has 23 heavy (non-hydrogen) atoms. The Morgan fingerprint density at radius 2 is 1.87 bits per heavy atom. The average molecular weight is 333 g/mol. The molecule has 1 saturated heterocycles. The number of nitrogens with zero attached hydrogens (tertiary/aromatic N) is 4. The van der Waals surface area contributed by atoms with Crippen LogP contribution in [-0.4, -0.2) is 34.3 Å². The van der Waals surface area contributed by atoms with Crippen LogP contribution in [0.2, 0.25) is 5.02 Å². The maximum absolute atomic E-state index is 12.5. The van der Waals surface area contributed by atoms with Crippen LogP contribution in [-0.2, 0) is 4.79 Å². The fourth-order valence-corrected chi connectivity index (χ4v) is 2.80. The van der Waals surface area contributed by atoms with E-state index in [1.165, 1.54) is 10.9 Å². The number of anilines is 1. The number of para-hydroxylation sites is 1. The van der Waals surface area contributed by atoms with Gasteiger partial charge in [-0.05, 0) is 26.0 Å². The Morgan fingerprint density at radius 3 is 2.43 bits per heavy atom. The molecule has 0 atom stereocenters. The van der Waals surface area contributed by atoms with Crippen LogP contribution in [0.4, 0.5) is 5.69 Å². The number of rotatable bonds is 3. The van der Waals surface area contributed by atoms with Crippen LogP contribution in [0.25, 0.3) is 5.69 Å². The molecule has 0 bridgehead atoms. The molecule has 120 valence electrons. The highest BCUT2D eigenvalue weighted by Crippen LogP contribution is 2.34. The van der Waals surface area contributed by atoms with E-state index in [-0.39, 0.29) is 16.3 Å². The Hall–Kier alpha value is -2.34. The number of aromatic nitrogens is 2. The van der Waals surface area contributed by atoms with Crippen LogP contribution in [0.1, 0.15) is 13.8 Å². The zero-order valence-electron chi connectivity index (χ0n) is 13.2. The minimum Gasteiger partial charge on any atom is -0.283 e. The average Bonchev–Trinajstić information content (AvgIpc) is 2.55. The van der Waals surface area contributed by atoms with Gasteiger partial charge in [-0.1, -0.05) is 29.8 Å². The minimum atomic E-state index is -0.422. The van der Waals surface area contributed by atoms with Crippen molar-refractivity contribution in [2.24, 2.45) is 5.41 Å². The lowest BCUT2D eigenvalue weighted by Crippen LogP contribution is -2.64. The Balaban J connectivity index is 1.96. The van der Waals surface area contributed by atoms with Gasteiger partial charge >= 0.3 is 0 Å². The van der Waals surface area contributed by atoms with Crippen molar-refractivity contribution in [1.82, 2.24) is 14.8 Å². The van der Waals surface area contributed by atoms with Crippen molar-refractivity contribution in [2.75, 3.05) is 18.6 Å². The van der Waals surface area contributed by atoms with Crippen LogP contribution in [0.5, 0.6) is 0 Å². The molecule has 2 heterocycles. The summed E-state index contributed by atoms with van der Waals surface area (Å²) in [5.74, 6) is -0.0108. The summed E-state index contributed by atoms with van der Waals surface area (Å²) in [6, 6.07) is 9.04. The topological polar surface area (TPSA) is 58.4 Å². The monoisotopic (exact) mass is 332 g/mol. The lowest BCUT2D eigenvalue weighted by Gasteiger charge is -2.49. The molecule has 1 aromatic carbocycles. The van der Waals surface area contributed by atoms with Crippen molar-refractivity contribution in [1.29, 1.82) is 0 Å². The second kappa shape index (κ2) is 5.38. The first-order valence-electron chi connectivity index (χ1n) is 7.22. The molecule has 0 radical (unpaired) electrons. The van der Waals surface area contributed by atoms with Crippen LogP contribution in [0.3, 0.4) is 0 Å². The van der Waals surface area contributed by atoms with Gasteiger partial charge in [0.25, 0.3) is 5.56 Å². The molecular formula is C16H17ClN4O2. The number of benzene rings is 1. The summed E-state index contributed by atoms with van der Waals surface area (Å²) in [4.78, 5) is 24.6. The van der Waals surface area contributed by atoms with Gasteiger partial charge in [0.15, 0.2) is 0 Å². The summed E-state index contributed by atoms with van der Waals surface area (Å²) in [5, 5.41) is 7.34. The van der Waals surface area contributed by atoms with Crippen molar-refractivity contribution in [2.45, 2.75) is 13.8 Å². The summed E-state index contributed by atoms with van der Waals surface area (Å²) in [7, 11) is 1.70. The van der Waals surface area contributed by atoms with Crippen molar-refractivity contribution in [3.8, 4) is 5.69 Å². The number of halogens is 1. The predicted octanol–water partition coefficient (Wildman–Crippen LogP) is 2.11. The highest BCUT2D eigenvalue weighted by molar-refractivity contribution is 6.33. The molecule has 0 unspecified atom stereocenters. The Labute approximate surface area is 138 Å². The maximum atomic E-state index is 12.5. The number of amides is 1. The zero-order chi connectivity index (χ0) is 16.8. The Kier molecular flexibility index (Phi) is 3.64. The van der Waals surface area contributed by atoms with Crippen molar-refractivity contribution in [3.63, 3.8) is 0 Å². The van der Waals surface area contributed by atoms with Crippen LogP contribution >= 0.6 is 11.6 Å². The number of carbonyl (C=O) groups is 1. The molecule has 0 spiro atoms. The number of carbonyl (C=O) groups excluding carboxylic acids is 1. The number of hydrogen-bond donors (Lipinski definition) is 0. The first kappa shape index (κ1) is 15.6. The van der Waals surface area contributed by atoms with Gasteiger partial charge < -0.3 is 0 Å². The van der Waals surface area contributed by atoms with E-state index < -0.39 is 5.56 Å². The quantitative estimate of drug-likeness (QED) is 0.808. The fraction of sp³-hybridized carbons (Fsp3) is 0.312. The lowest BCUT2D eigenvalue weighted by atomic mass is 9.84. The molecular weight excluding hydrogens is 316 g/mol. The lowest BCUT2D eigenvalue weighted by molar-refractivity contribution is -0.157. The molecule has 0 N–H and O–H groups in total. The highest BCUT2D eigenvalue weighted by Gasteiger charge is 2.46. The van der Waals surface area contributed by atoms with E-state index in [1.54, 1.807) is 29.2 Å². The van der Waals surface area contributed by atoms with Gasteiger partial charge in [-0.25, -0.2) is 0 Å². The van der Waals surface area contributed by atoms with E-state index in [0.29, 0.717) is 17.9 Å². The van der Waals surface area contributed by atoms with Crippen LogP contribution < -0.4 is 10.6 Å². The van der Waals surface area contributed by atoms with Crippen molar-refractivity contribution >= 4 is 23.2 Å². The van der Waals surface area contributed by atoms with Gasteiger partial charge in [0.05, 0.1) is 23.8 Å². The molecule has 2 aromatic rings. The third-order valence-corrected chi connectivity index (χ3v) is 4.33. The molecule has 7 heteroatoms. The fourth-order valence-electron chi connectivity index (χ4n) is 2.55. The summed E-state index contributed by atoms with van der Waals surface area (Å²) in [6.07, 6.45) is 1.50. The normalized spacial score (nSPS) is 16.2. The smallest absolute Gasteiger partial charge is 0.283 e. The molecule has 1 aromatic heterocycles. The third kappa shape index (κ3) is 2.49. The van der Waals surface area contributed by atoms with E-state index in [0.717, 1.165) is 0 Å². The van der Waals surface area contributed by atoms with Gasteiger partial charge in [0.1, 0.15) is 10.7 Å². The van der Waals surface area contributed by atoms with Gasteiger partial charge in [-0.2, -0.15) is 9.78 Å². The highest BCUT2D eigenvalue weighted by atomic mass is 35.5. The van der Waals surface area contributed by atoms with E-state index in [9.17, 15) is 9.59 Å². The molecule has 0 saturated carbocycles. The Morgan fingerprint density at radius 1 is 1.22 bits per heavy atom. The third-order valence-electron chi connectivity index (χ3n) is 3.97. The number of β-lactam (4-membered cyclic amide) rings is 1. The molecule has 1 aliphatic rings. The van der Waals surface area contributed by atoms with Gasteiger partial charge in [-0.3, -0.25) is 19.6 Å². The van der Waals surface area contributed by atoms with Gasteiger partial charge in [0.2, 0.25) is 5.91 Å². The molecule has 3 rings (SSSR count). The van der Waals surface area contributed by atoms with Crippen molar-refractivity contribution < 1.29 is 4.79 Å². The molecule has 1 amide bonds.